The first-order chi connectivity index (χ1) is 8.90. The van der Waals surface area contributed by atoms with Crippen molar-refractivity contribution in [1.29, 1.82) is 0 Å². The Balaban J connectivity index is 2.34. The Morgan fingerprint density at radius 3 is 2.63 bits per heavy atom. The lowest BCUT2D eigenvalue weighted by Crippen LogP contribution is -2.38. The number of fused-ring (bicyclic) bond motifs is 1. The van der Waals surface area contributed by atoms with Crippen LogP contribution < -0.4 is 5.32 Å². The van der Waals surface area contributed by atoms with Gasteiger partial charge in [0.05, 0.1) is 0 Å². The third-order valence-corrected chi connectivity index (χ3v) is 3.31. The quantitative estimate of drug-likeness (QED) is 0.789. The molecule has 2 aromatic rings. The third kappa shape index (κ3) is 2.45. The molecule has 5 nitrogen and oxygen atoms in total. The number of aromatic amines is 1. The number of carboxylic acids is 1. The number of benzene rings is 1. The summed E-state index contributed by atoms with van der Waals surface area (Å²) < 4.78 is 0. The first-order valence-corrected chi connectivity index (χ1v) is 6.02. The summed E-state index contributed by atoms with van der Waals surface area (Å²) in [6.07, 6.45) is 0. The fraction of sp³-hybridized carbons (Fsp3) is 0.286. The summed E-state index contributed by atoms with van der Waals surface area (Å²) >= 11 is 0. The second-order valence-electron chi connectivity index (χ2n) is 4.69. The summed E-state index contributed by atoms with van der Waals surface area (Å²) in [5.74, 6) is -1.47. The normalized spacial score (nSPS) is 12.4. The average molecular weight is 260 g/mol. The number of carboxylic acid groups (broad SMARTS) is 1. The maximum absolute atomic E-state index is 11.9. The van der Waals surface area contributed by atoms with Crippen molar-refractivity contribution in [3.63, 3.8) is 0 Å². The molecule has 0 unspecified atom stereocenters. The second-order valence-corrected chi connectivity index (χ2v) is 4.69. The van der Waals surface area contributed by atoms with Gasteiger partial charge in [-0.2, -0.15) is 0 Å². The average Bonchev–Trinajstić information content (AvgIpc) is 2.78. The van der Waals surface area contributed by atoms with Crippen LogP contribution in [0.5, 0.6) is 0 Å². The van der Waals surface area contributed by atoms with Crippen LogP contribution in [0.15, 0.2) is 18.2 Å². The molecule has 100 valence electrons. The molecule has 19 heavy (non-hydrogen) atoms. The topological polar surface area (TPSA) is 82.2 Å². The molecule has 0 saturated heterocycles. The minimum absolute atomic E-state index is 0.372. The zero-order valence-corrected chi connectivity index (χ0v) is 11.1. The fourth-order valence-electron chi connectivity index (χ4n) is 1.92. The van der Waals surface area contributed by atoms with E-state index >= 15 is 0 Å². The molecular weight excluding hydrogens is 244 g/mol. The van der Waals surface area contributed by atoms with Crippen LogP contribution in [-0.2, 0) is 4.79 Å². The van der Waals surface area contributed by atoms with Crippen molar-refractivity contribution in [2.75, 3.05) is 0 Å². The number of H-pyrrole nitrogens is 1. The number of aryl methyl sites for hydroxylation is 2. The molecule has 0 aliphatic rings. The molecule has 0 aliphatic heterocycles. The van der Waals surface area contributed by atoms with Crippen LogP contribution in [0.3, 0.4) is 0 Å². The predicted molar refractivity (Wildman–Crippen MR) is 72.3 cm³/mol. The third-order valence-electron chi connectivity index (χ3n) is 3.31. The SMILES string of the molecule is Cc1ccc2[nH]c(C(=O)N[C@@H](C)C(=O)O)cc2c1C. The zero-order valence-electron chi connectivity index (χ0n) is 11.1. The fourth-order valence-corrected chi connectivity index (χ4v) is 1.92. The van der Waals surface area contributed by atoms with Gasteiger partial charge in [-0.05, 0) is 44.0 Å². The lowest BCUT2D eigenvalue weighted by atomic mass is 10.1. The van der Waals surface area contributed by atoms with Crippen LogP contribution in [-0.4, -0.2) is 28.0 Å². The van der Waals surface area contributed by atoms with Gasteiger partial charge in [-0.25, -0.2) is 0 Å². The number of rotatable bonds is 3. The molecule has 2 rings (SSSR count). The Morgan fingerprint density at radius 1 is 1.32 bits per heavy atom. The van der Waals surface area contributed by atoms with Gasteiger partial charge >= 0.3 is 5.97 Å². The summed E-state index contributed by atoms with van der Waals surface area (Å²) in [6.45, 7) is 5.43. The lowest BCUT2D eigenvalue weighted by Gasteiger charge is -2.07. The van der Waals surface area contributed by atoms with Crippen LogP contribution in [0.1, 0.15) is 28.5 Å². The molecule has 0 radical (unpaired) electrons. The number of hydrogen-bond donors (Lipinski definition) is 3. The van der Waals surface area contributed by atoms with Crippen LogP contribution in [0, 0.1) is 13.8 Å². The Kier molecular flexibility index (Phi) is 3.29. The standard InChI is InChI=1S/C14H16N2O3/c1-7-4-5-11-10(8(7)2)6-12(16-11)13(17)15-9(3)14(18)19/h4-6,9,16H,1-3H3,(H,15,17)(H,18,19)/t9-/m0/s1. The minimum atomic E-state index is -1.06. The predicted octanol–water partition coefficient (Wildman–Crippen LogP) is 1.99. The van der Waals surface area contributed by atoms with E-state index < -0.39 is 17.9 Å². The number of nitrogens with one attached hydrogen (secondary N) is 2. The molecule has 1 heterocycles. The number of aliphatic carboxylic acids is 1. The Bertz CT molecular complexity index is 658. The Morgan fingerprint density at radius 2 is 2.00 bits per heavy atom. The van der Waals surface area contributed by atoms with Crippen LogP contribution in [0.25, 0.3) is 10.9 Å². The van der Waals surface area contributed by atoms with Crippen molar-refractivity contribution in [3.8, 4) is 0 Å². The maximum atomic E-state index is 11.9. The number of amides is 1. The van der Waals surface area contributed by atoms with Gasteiger partial charge in [-0.3, -0.25) is 9.59 Å². The van der Waals surface area contributed by atoms with Gasteiger partial charge in [0.25, 0.3) is 5.91 Å². The second kappa shape index (κ2) is 4.76. The minimum Gasteiger partial charge on any atom is -0.480 e. The van der Waals surface area contributed by atoms with Gasteiger partial charge in [0.1, 0.15) is 11.7 Å². The van der Waals surface area contributed by atoms with Crippen LogP contribution in [0.4, 0.5) is 0 Å². The zero-order chi connectivity index (χ0) is 14.2. The molecule has 0 aliphatic carbocycles. The van der Waals surface area contributed by atoms with Crippen molar-refractivity contribution < 1.29 is 14.7 Å². The molecular formula is C14H16N2O3. The van der Waals surface area contributed by atoms with Crippen molar-refractivity contribution in [2.45, 2.75) is 26.8 Å². The highest BCUT2D eigenvalue weighted by atomic mass is 16.4. The van der Waals surface area contributed by atoms with E-state index in [1.807, 2.05) is 26.0 Å². The lowest BCUT2D eigenvalue weighted by molar-refractivity contribution is -0.138. The summed E-state index contributed by atoms with van der Waals surface area (Å²) in [7, 11) is 0. The molecule has 0 bridgehead atoms. The molecule has 3 N–H and O–H groups in total. The molecule has 0 fully saturated rings. The van der Waals surface area contributed by atoms with E-state index in [1.165, 1.54) is 6.92 Å². The summed E-state index contributed by atoms with van der Waals surface area (Å²) in [5.41, 5.74) is 3.50. The van der Waals surface area contributed by atoms with Gasteiger partial charge < -0.3 is 15.4 Å². The highest BCUT2D eigenvalue weighted by Crippen LogP contribution is 2.22. The maximum Gasteiger partial charge on any atom is 0.325 e. The molecule has 1 amide bonds. The van der Waals surface area contributed by atoms with Gasteiger partial charge in [-0.1, -0.05) is 6.07 Å². The van der Waals surface area contributed by atoms with E-state index in [1.54, 1.807) is 6.07 Å². The molecule has 5 heteroatoms. The number of aromatic nitrogens is 1. The largest absolute Gasteiger partial charge is 0.480 e. The van der Waals surface area contributed by atoms with Crippen molar-refractivity contribution >= 4 is 22.8 Å². The smallest absolute Gasteiger partial charge is 0.325 e. The number of carbonyl (C=O) groups is 2. The van der Waals surface area contributed by atoms with E-state index in [4.69, 9.17) is 5.11 Å². The van der Waals surface area contributed by atoms with Crippen LogP contribution >= 0.6 is 0 Å². The van der Waals surface area contributed by atoms with Gasteiger partial charge in [0.2, 0.25) is 0 Å². The number of hydrogen-bond acceptors (Lipinski definition) is 2. The number of carbonyl (C=O) groups excluding carboxylic acids is 1. The highest BCUT2D eigenvalue weighted by molar-refractivity contribution is 6.00. The van der Waals surface area contributed by atoms with Crippen LogP contribution in [0.2, 0.25) is 0 Å². The summed E-state index contributed by atoms with van der Waals surface area (Å²) in [6, 6.07) is 4.73. The molecule has 1 aromatic heterocycles. The highest BCUT2D eigenvalue weighted by Gasteiger charge is 2.17. The Labute approximate surface area is 110 Å². The van der Waals surface area contributed by atoms with Gasteiger partial charge in [0, 0.05) is 10.9 Å². The van der Waals surface area contributed by atoms with E-state index in [9.17, 15) is 9.59 Å². The molecule has 0 spiro atoms. The van der Waals surface area contributed by atoms with Crippen molar-refractivity contribution in [3.05, 3.63) is 35.0 Å². The van der Waals surface area contributed by atoms with Gasteiger partial charge in [0.15, 0.2) is 0 Å². The van der Waals surface area contributed by atoms with E-state index in [0.29, 0.717) is 5.69 Å². The summed E-state index contributed by atoms with van der Waals surface area (Å²) in [4.78, 5) is 25.6. The van der Waals surface area contributed by atoms with Gasteiger partial charge in [-0.15, -0.1) is 0 Å². The monoisotopic (exact) mass is 260 g/mol. The molecule has 0 saturated carbocycles. The Hall–Kier alpha value is -2.30. The van der Waals surface area contributed by atoms with Crippen molar-refractivity contribution in [2.24, 2.45) is 0 Å². The van der Waals surface area contributed by atoms with E-state index in [0.717, 1.165) is 22.0 Å². The first kappa shape index (κ1) is 13.1. The first-order valence-electron chi connectivity index (χ1n) is 6.02. The molecule has 1 aromatic carbocycles. The van der Waals surface area contributed by atoms with E-state index in [2.05, 4.69) is 10.3 Å². The summed E-state index contributed by atoms with van der Waals surface area (Å²) in [5, 5.41) is 12.2. The van der Waals surface area contributed by atoms with E-state index in [-0.39, 0.29) is 0 Å². The van der Waals surface area contributed by atoms with Crippen molar-refractivity contribution in [1.82, 2.24) is 10.3 Å². The molecule has 1 atom stereocenters.